The van der Waals surface area contributed by atoms with E-state index in [9.17, 15) is 0 Å². The topological polar surface area (TPSA) is 42.1 Å². The van der Waals surface area contributed by atoms with Gasteiger partial charge in [0.1, 0.15) is 0 Å². The fourth-order valence-electron chi connectivity index (χ4n) is 4.37. The summed E-state index contributed by atoms with van der Waals surface area (Å²) >= 11 is 0. The number of aromatic nitrogens is 1. The molecule has 2 atom stereocenters. The van der Waals surface area contributed by atoms with Gasteiger partial charge in [-0.15, -0.1) is 0 Å². The maximum Gasteiger partial charge on any atom is 0.0745 e. The summed E-state index contributed by atoms with van der Waals surface area (Å²) in [5, 5.41) is 1.21. The Hall–Kier alpha value is -1.77. The highest BCUT2D eigenvalue weighted by atomic mass is 15.2. The van der Waals surface area contributed by atoms with Crippen molar-refractivity contribution in [2.75, 3.05) is 17.2 Å². The van der Waals surface area contributed by atoms with Gasteiger partial charge in [-0.25, -0.2) is 0 Å². The normalized spacial score (nSPS) is 25.8. The number of pyridine rings is 1. The second-order valence-corrected chi connectivity index (χ2v) is 6.53. The lowest BCUT2D eigenvalue weighted by Gasteiger charge is -2.46. The molecule has 1 aliphatic carbocycles. The molecule has 1 saturated heterocycles. The molecule has 0 radical (unpaired) electrons. The van der Waals surface area contributed by atoms with Crippen LogP contribution in [0.25, 0.3) is 10.9 Å². The number of nitrogens with zero attached hydrogens (tertiary/aromatic N) is 2. The third-order valence-corrected chi connectivity index (χ3v) is 5.31. The standard InChI is InChI=1S/C18H23N3/c19-15-12-20-16-9-3-2-8-14(16)18(15)21-11-5-7-13-6-1-4-10-17(13)21/h2-3,8-9,12-13,17H,1,4-7,10-11,19H2/t13-,17-/m1/s1. The minimum Gasteiger partial charge on any atom is -0.396 e. The van der Waals surface area contributed by atoms with Gasteiger partial charge in [0.15, 0.2) is 0 Å². The van der Waals surface area contributed by atoms with Gasteiger partial charge >= 0.3 is 0 Å². The molecule has 4 rings (SSSR count). The first-order chi connectivity index (χ1) is 10.3. The van der Waals surface area contributed by atoms with Gasteiger partial charge in [0, 0.05) is 18.0 Å². The van der Waals surface area contributed by atoms with Gasteiger partial charge in [0.05, 0.1) is 23.1 Å². The molecule has 2 N–H and O–H groups in total. The van der Waals surface area contributed by atoms with Crippen LogP contribution in [0.1, 0.15) is 38.5 Å². The second-order valence-electron chi connectivity index (χ2n) is 6.53. The number of hydrogen-bond acceptors (Lipinski definition) is 3. The zero-order chi connectivity index (χ0) is 14.2. The monoisotopic (exact) mass is 281 g/mol. The Morgan fingerprint density at radius 3 is 2.81 bits per heavy atom. The van der Waals surface area contributed by atoms with E-state index in [2.05, 4.69) is 34.1 Å². The van der Waals surface area contributed by atoms with Gasteiger partial charge in [0.2, 0.25) is 0 Å². The summed E-state index contributed by atoms with van der Waals surface area (Å²) in [6.45, 7) is 1.14. The summed E-state index contributed by atoms with van der Waals surface area (Å²) in [5.41, 5.74) is 9.46. The summed E-state index contributed by atoms with van der Waals surface area (Å²) in [6, 6.07) is 9.08. The maximum atomic E-state index is 6.34. The molecule has 3 heteroatoms. The molecule has 1 aromatic heterocycles. The summed E-state index contributed by atoms with van der Waals surface area (Å²) in [6.07, 6.45) is 10.00. The van der Waals surface area contributed by atoms with Crippen LogP contribution in [0.2, 0.25) is 0 Å². The third-order valence-electron chi connectivity index (χ3n) is 5.31. The predicted molar refractivity (Wildman–Crippen MR) is 88.5 cm³/mol. The lowest BCUT2D eigenvalue weighted by Crippen LogP contribution is -2.47. The van der Waals surface area contributed by atoms with Crippen LogP contribution in [0.3, 0.4) is 0 Å². The average Bonchev–Trinajstić information content (AvgIpc) is 2.54. The van der Waals surface area contributed by atoms with Crippen LogP contribution in [-0.4, -0.2) is 17.6 Å². The summed E-state index contributed by atoms with van der Waals surface area (Å²) < 4.78 is 0. The van der Waals surface area contributed by atoms with Crippen molar-refractivity contribution in [1.82, 2.24) is 4.98 Å². The van der Waals surface area contributed by atoms with Crippen LogP contribution < -0.4 is 10.6 Å². The Morgan fingerprint density at radius 2 is 1.86 bits per heavy atom. The van der Waals surface area contributed by atoms with Crippen molar-refractivity contribution in [2.45, 2.75) is 44.6 Å². The van der Waals surface area contributed by atoms with E-state index in [4.69, 9.17) is 5.73 Å². The molecular formula is C18H23N3. The lowest BCUT2D eigenvalue weighted by atomic mass is 9.78. The molecule has 1 aliphatic heterocycles. The van der Waals surface area contributed by atoms with Crippen molar-refractivity contribution < 1.29 is 0 Å². The Labute approximate surface area is 126 Å². The van der Waals surface area contributed by atoms with Crippen molar-refractivity contribution >= 4 is 22.3 Å². The van der Waals surface area contributed by atoms with E-state index < -0.39 is 0 Å². The van der Waals surface area contributed by atoms with Crippen LogP contribution in [0.15, 0.2) is 30.5 Å². The minimum absolute atomic E-state index is 0.681. The van der Waals surface area contributed by atoms with Crippen molar-refractivity contribution in [3.8, 4) is 0 Å². The molecule has 0 spiro atoms. The number of nitrogens with two attached hydrogens (primary N) is 1. The van der Waals surface area contributed by atoms with Crippen LogP contribution in [-0.2, 0) is 0 Å². The van der Waals surface area contributed by atoms with E-state index in [0.717, 1.165) is 23.7 Å². The zero-order valence-electron chi connectivity index (χ0n) is 12.5. The summed E-state index contributed by atoms with van der Waals surface area (Å²) in [4.78, 5) is 7.09. The summed E-state index contributed by atoms with van der Waals surface area (Å²) in [5.74, 6) is 0.860. The Morgan fingerprint density at radius 1 is 1.05 bits per heavy atom. The van der Waals surface area contributed by atoms with Crippen molar-refractivity contribution in [3.63, 3.8) is 0 Å². The number of hydrogen-bond donors (Lipinski definition) is 1. The van der Waals surface area contributed by atoms with Crippen molar-refractivity contribution in [3.05, 3.63) is 30.5 Å². The number of piperidine rings is 1. The van der Waals surface area contributed by atoms with Crippen molar-refractivity contribution in [1.29, 1.82) is 0 Å². The van der Waals surface area contributed by atoms with E-state index in [1.165, 1.54) is 49.6 Å². The number of fused-ring (bicyclic) bond motifs is 2. The highest BCUT2D eigenvalue weighted by molar-refractivity contribution is 5.97. The van der Waals surface area contributed by atoms with Gasteiger partial charge in [-0.05, 0) is 37.7 Å². The molecule has 3 nitrogen and oxygen atoms in total. The number of anilines is 2. The first-order valence-electron chi connectivity index (χ1n) is 8.24. The molecule has 0 unspecified atom stereocenters. The van der Waals surface area contributed by atoms with E-state index in [1.807, 2.05) is 6.20 Å². The quantitative estimate of drug-likeness (QED) is 0.859. The predicted octanol–water partition coefficient (Wildman–Crippen LogP) is 3.98. The second kappa shape index (κ2) is 5.21. The first kappa shape index (κ1) is 12.9. The third kappa shape index (κ3) is 2.15. The smallest absolute Gasteiger partial charge is 0.0745 e. The first-order valence-corrected chi connectivity index (χ1v) is 8.24. The molecule has 2 heterocycles. The Balaban J connectivity index is 1.83. The lowest BCUT2D eigenvalue weighted by molar-refractivity contribution is 0.244. The zero-order valence-corrected chi connectivity index (χ0v) is 12.5. The van der Waals surface area contributed by atoms with Crippen molar-refractivity contribution in [2.24, 2.45) is 5.92 Å². The Bertz CT molecular complexity index is 650. The SMILES string of the molecule is Nc1cnc2ccccc2c1N1CCC[C@H]2CCCC[C@H]21. The van der Waals surface area contributed by atoms with Gasteiger partial charge < -0.3 is 10.6 Å². The minimum atomic E-state index is 0.681. The molecule has 2 fully saturated rings. The number of rotatable bonds is 1. The summed E-state index contributed by atoms with van der Waals surface area (Å²) in [7, 11) is 0. The fourth-order valence-corrected chi connectivity index (χ4v) is 4.37. The molecule has 21 heavy (non-hydrogen) atoms. The van der Waals surface area contributed by atoms with Crippen LogP contribution >= 0.6 is 0 Å². The van der Waals surface area contributed by atoms with Gasteiger partial charge in [-0.3, -0.25) is 4.98 Å². The largest absolute Gasteiger partial charge is 0.396 e. The van der Waals surface area contributed by atoms with Crippen LogP contribution in [0.4, 0.5) is 11.4 Å². The van der Waals surface area contributed by atoms with Crippen LogP contribution in [0, 0.1) is 5.92 Å². The van der Waals surface area contributed by atoms with E-state index >= 15 is 0 Å². The molecule has 0 amide bonds. The average molecular weight is 281 g/mol. The van der Waals surface area contributed by atoms with Gasteiger partial charge in [-0.1, -0.05) is 31.0 Å². The van der Waals surface area contributed by atoms with E-state index in [1.54, 1.807) is 0 Å². The van der Waals surface area contributed by atoms with Crippen LogP contribution in [0.5, 0.6) is 0 Å². The van der Waals surface area contributed by atoms with E-state index in [-0.39, 0.29) is 0 Å². The molecule has 0 bridgehead atoms. The number of nitrogen functional groups attached to an aromatic ring is 1. The highest BCUT2D eigenvalue weighted by Crippen LogP contribution is 2.41. The molecule has 1 aromatic carbocycles. The maximum absolute atomic E-state index is 6.34. The van der Waals surface area contributed by atoms with Gasteiger partial charge in [-0.2, -0.15) is 0 Å². The Kier molecular flexibility index (Phi) is 3.21. The van der Waals surface area contributed by atoms with Gasteiger partial charge in [0.25, 0.3) is 0 Å². The highest BCUT2D eigenvalue weighted by Gasteiger charge is 2.34. The fraction of sp³-hybridized carbons (Fsp3) is 0.500. The molecular weight excluding hydrogens is 258 g/mol. The number of benzene rings is 1. The molecule has 2 aromatic rings. The molecule has 1 saturated carbocycles. The van der Waals surface area contributed by atoms with E-state index in [0.29, 0.717) is 6.04 Å². The molecule has 110 valence electrons. The molecule has 2 aliphatic rings. The number of para-hydroxylation sites is 1.